The predicted molar refractivity (Wildman–Crippen MR) is 134 cm³/mol. The van der Waals surface area contributed by atoms with E-state index in [2.05, 4.69) is 9.88 Å². The van der Waals surface area contributed by atoms with Gasteiger partial charge in [0.15, 0.2) is 11.5 Å². The molecule has 8 heteroatoms. The summed E-state index contributed by atoms with van der Waals surface area (Å²) in [4.78, 5) is 31.3. The van der Waals surface area contributed by atoms with E-state index in [1.54, 1.807) is 36.4 Å². The van der Waals surface area contributed by atoms with Gasteiger partial charge in [0.1, 0.15) is 18.1 Å². The van der Waals surface area contributed by atoms with Crippen molar-refractivity contribution in [2.24, 2.45) is 0 Å². The Hall–Kier alpha value is -4.04. The summed E-state index contributed by atoms with van der Waals surface area (Å²) in [6.45, 7) is 3.59. The van der Waals surface area contributed by atoms with Crippen molar-refractivity contribution in [2.75, 3.05) is 33.4 Å². The van der Waals surface area contributed by atoms with Gasteiger partial charge in [-0.1, -0.05) is 18.2 Å². The first-order valence-electron chi connectivity index (χ1n) is 11.7. The Labute approximate surface area is 202 Å². The first-order chi connectivity index (χ1) is 17.1. The second-order valence-corrected chi connectivity index (χ2v) is 8.43. The van der Waals surface area contributed by atoms with Crippen molar-refractivity contribution < 1.29 is 14.2 Å². The molecule has 0 saturated carbocycles. The molecule has 5 rings (SSSR count). The average molecular weight is 474 g/mol. The first-order valence-corrected chi connectivity index (χ1v) is 11.7. The standard InChI is InChI=1S/C27H27N3O5/c1-33-25-17-19(9-12-24(25)34-16-15-29-13-5-6-14-29)30-26(31)22-18-21(10-11-23(22)28-27(30)32)35-20-7-3-2-4-8-20/h2-4,7-12,17-18H,5-6,13-16H2,1H3,(H,28,32). The molecule has 0 bridgehead atoms. The molecule has 1 aromatic heterocycles. The summed E-state index contributed by atoms with van der Waals surface area (Å²) < 4.78 is 18.4. The molecule has 0 spiro atoms. The van der Waals surface area contributed by atoms with Crippen molar-refractivity contribution in [1.82, 2.24) is 14.5 Å². The highest BCUT2D eigenvalue weighted by Gasteiger charge is 2.15. The minimum absolute atomic E-state index is 0.336. The summed E-state index contributed by atoms with van der Waals surface area (Å²) in [5.41, 5.74) is -0.169. The molecule has 1 N–H and O–H groups in total. The smallest absolute Gasteiger partial charge is 0.333 e. The zero-order valence-electron chi connectivity index (χ0n) is 19.5. The third-order valence-corrected chi connectivity index (χ3v) is 6.12. The number of para-hydroxylation sites is 1. The van der Waals surface area contributed by atoms with E-state index in [1.807, 2.05) is 30.3 Å². The minimum atomic E-state index is -0.538. The number of hydrogen-bond acceptors (Lipinski definition) is 6. The number of nitrogens with one attached hydrogen (secondary N) is 1. The van der Waals surface area contributed by atoms with E-state index in [0.29, 0.717) is 46.2 Å². The van der Waals surface area contributed by atoms with Crippen molar-refractivity contribution in [2.45, 2.75) is 12.8 Å². The Kier molecular flexibility index (Phi) is 6.54. The fourth-order valence-corrected chi connectivity index (χ4v) is 4.32. The number of ether oxygens (including phenoxy) is 3. The van der Waals surface area contributed by atoms with Crippen LogP contribution in [-0.2, 0) is 0 Å². The summed E-state index contributed by atoms with van der Waals surface area (Å²) in [5, 5.41) is 0.336. The van der Waals surface area contributed by atoms with Crippen molar-refractivity contribution in [3.05, 3.63) is 87.6 Å². The Balaban J connectivity index is 1.44. The normalized spacial score (nSPS) is 13.7. The van der Waals surface area contributed by atoms with Crippen molar-refractivity contribution in [3.8, 4) is 28.7 Å². The van der Waals surface area contributed by atoms with Crippen LogP contribution in [0.4, 0.5) is 0 Å². The highest BCUT2D eigenvalue weighted by molar-refractivity contribution is 5.79. The van der Waals surface area contributed by atoms with Crippen molar-refractivity contribution in [1.29, 1.82) is 0 Å². The van der Waals surface area contributed by atoms with Crippen LogP contribution < -0.4 is 25.5 Å². The van der Waals surface area contributed by atoms with E-state index < -0.39 is 11.2 Å². The van der Waals surface area contributed by atoms with E-state index >= 15 is 0 Å². The lowest BCUT2D eigenvalue weighted by atomic mass is 10.2. The van der Waals surface area contributed by atoms with Crippen LogP contribution in [-0.4, -0.2) is 47.8 Å². The molecule has 1 fully saturated rings. The molecule has 2 heterocycles. The number of nitrogens with zero attached hydrogens (tertiary/aromatic N) is 2. The van der Waals surface area contributed by atoms with E-state index in [0.717, 1.165) is 24.2 Å². The fourth-order valence-electron chi connectivity index (χ4n) is 4.32. The van der Waals surface area contributed by atoms with Gasteiger partial charge in [0, 0.05) is 12.6 Å². The number of hydrogen-bond donors (Lipinski definition) is 1. The van der Waals surface area contributed by atoms with Crippen LogP contribution in [0.25, 0.3) is 16.6 Å². The van der Waals surface area contributed by atoms with Gasteiger partial charge >= 0.3 is 5.69 Å². The lowest BCUT2D eigenvalue weighted by Gasteiger charge is -2.17. The summed E-state index contributed by atoms with van der Waals surface area (Å²) in [7, 11) is 1.53. The van der Waals surface area contributed by atoms with Crippen molar-refractivity contribution >= 4 is 10.9 Å². The van der Waals surface area contributed by atoms with Crippen molar-refractivity contribution in [3.63, 3.8) is 0 Å². The first kappa shape index (κ1) is 22.7. The van der Waals surface area contributed by atoms with Crippen LogP contribution in [0.1, 0.15) is 12.8 Å². The zero-order valence-corrected chi connectivity index (χ0v) is 19.5. The number of H-pyrrole nitrogens is 1. The Morgan fingerprint density at radius 3 is 2.46 bits per heavy atom. The molecule has 0 amide bonds. The molecule has 1 aliphatic heterocycles. The van der Waals surface area contributed by atoms with Gasteiger partial charge in [0.2, 0.25) is 0 Å². The summed E-state index contributed by atoms with van der Waals surface area (Å²) in [6, 6.07) is 19.3. The molecule has 0 unspecified atom stereocenters. The molecular formula is C27H27N3O5. The second kappa shape index (κ2) is 10.1. The molecule has 1 aliphatic rings. The van der Waals surface area contributed by atoms with Crippen LogP contribution >= 0.6 is 0 Å². The Morgan fingerprint density at radius 2 is 1.69 bits per heavy atom. The molecule has 0 radical (unpaired) electrons. The van der Waals surface area contributed by atoms with Gasteiger partial charge in [0.05, 0.1) is 23.7 Å². The van der Waals surface area contributed by atoms with Gasteiger partial charge in [0.25, 0.3) is 5.56 Å². The predicted octanol–water partition coefficient (Wildman–Crippen LogP) is 3.95. The van der Waals surface area contributed by atoms with Gasteiger partial charge in [-0.05, 0) is 68.4 Å². The van der Waals surface area contributed by atoms with Crippen LogP contribution in [0.3, 0.4) is 0 Å². The monoisotopic (exact) mass is 473 g/mol. The molecule has 35 heavy (non-hydrogen) atoms. The third kappa shape index (κ3) is 4.93. The Morgan fingerprint density at radius 1 is 0.886 bits per heavy atom. The summed E-state index contributed by atoms with van der Waals surface area (Å²) >= 11 is 0. The van der Waals surface area contributed by atoms with E-state index in [4.69, 9.17) is 14.2 Å². The number of likely N-dealkylation sites (tertiary alicyclic amines) is 1. The highest BCUT2D eigenvalue weighted by Crippen LogP contribution is 2.29. The fraction of sp³-hybridized carbons (Fsp3) is 0.259. The molecule has 8 nitrogen and oxygen atoms in total. The summed E-state index contributed by atoms with van der Waals surface area (Å²) in [5.74, 6) is 2.18. The number of methoxy groups -OCH3 is 1. The van der Waals surface area contributed by atoms with Gasteiger partial charge < -0.3 is 19.2 Å². The minimum Gasteiger partial charge on any atom is -0.493 e. The SMILES string of the molecule is COc1cc(-n2c(=O)[nH]c3ccc(Oc4ccccc4)cc3c2=O)ccc1OCCN1CCCC1. The number of rotatable bonds is 8. The molecule has 4 aromatic rings. The maximum absolute atomic E-state index is 13.4. The van der Waals surface area contributed by atoms with E-state index in [9.17, 15) is 9.59 Å². The second-order valence-electron chi connectivity index (χ2n) is 8.43. The van der Waals surface area contributed by atoms with Gasteiger partial charge in [-0.2, -0.15) is 0 Å². The molecule has 180 valence electrons. The third-order valence-electron chi connectivity index (χ3n) is 6.12. The lowest BCUT2D eigenvalue weighted by Crippen LogP contribution is -2.33. The highest BCUT2D eigenvalue weighted by atomic mass is 16.5. The zero-order chi connectivity index (χ0) is 24.2. The lowest BCUT2D eigenvalue weighted by molar-refractivity contribution is 0.230. The van der Waals surface area contributed by atoms with Crippen LogP contribution in [0, 0.1) is 0 Å². The molecule has 1 saturated heterocycles. The maximum atomic E-state index is 13.4. The van der Waals surface area contributed by atoms with E-state index in [-0.39, 0.29) is 0 Å². The molecule has 0 aliphatic carbocycles. The molecule has 0 atom stereocenters. The Bertz CT molecular complexity index is 1440. The number of benzene rings is 3. The van der Waals surface area contributed by atoms with Gasteiger partial charge in [-0.25, -0.2) is 9.36 Å². The van der Waals surface area contributed by atoms with Crippen LogP contribution in [0.2, 0.25) is 0 Å². The topological polar surface area (TPSA) is 85.8 Å². The molecular weight excluding hydrogens is 446 g/mol. The van der Waals surface area contributed by atoms with E-state index in [1.165, 1.54) is 20.0 Å². The number of aromatic amines is 1. The number of aromatic nitrogens is 2. The van der Waals surface area contributed by atoms with Crippen LogP contribution in [0.5, 0.6) is 23.0 Å². The maximum Gasteiger partial charge on any atom is 0.333 e. The largest absolute Gasteiger partial charge is 0.493 e. The van der Waals surface area contributed by atoms with Crippen LogP contribution in [0.15, 0.2) is 76.3 Å². The summed E-state index contributed by atoms with van der Waals surface area (Å²) in [6.07, 6.45) is 2.46. The van der Waals surface area contributed by atoms with Gasteiger partial charge in [-0.3, -0.25) is 9.69 Å². The number of fused-ring (bicyclic) bond motifs is 1. The quantitative estimate of drug-likeness (QED) is 0.417. The van der Waals surface area contributed by atoms with Gasteiger partial charge in [-0.15, -0.1) is 0 Å². The average Bonchev–Trinajstić information content (AvgIpc) is 3.39. The molecule has 3 aromatic carbocycles.